The van der Waals surface area contributed by atoms with Crippen molar-refractivity contribution < 1.29 is 4.79 Å². The molecule has 2 bridgehead atoms. The van der Waals surface area contributed by atoms with Gasteiger partial charge in [0.1, 0.15) is 0 Å². The minimum atomic E-state index is 0.0510. The van der Waals surface area contributed by atoms with Gasteiger partial charge in [-0.1, -0.05) is 54.6 Å². The number of hydrogen-bond acceptors (Lipinski definition) is 2. The van der Waals surface area contributed by atoms with Crippen LogP contribution < -0.4 is 5.32 Å². The maximum Gasteiger partial charge on any atom is 0.155 e. The molecule has 0 radical (unpaired) electrons. The van der Waals surface area contributed by atoms with Crippen molar-refractivity contribution in [3.8, 4) is 0 Å². The molecule has 1 aliphatic heterocycles. The van der Waals surface area contributed by atoms with Gasteiger partial charge in [0.25, 0.3) is 0 Å². The van der Waals surface area contributed by atoms with Crippen LogP contribution in [0.3, 0.4) is 0 Å². The number of benzene rings is 2. The summed E-state index contributed by atoms with van der Waals surface area (Å²) in [4.78, 5) is 12.2. The molecule has 5 rings (SSSR count). The van der Waals surface area contributed by atoms with Gasteiger partial charge in [-0.05, 0) is 79.3 Å². The second-order valence-corrected chi connectivity index (χ2v) is 8.58. The van der Waals surface area contributed by atoms with Crippen molar-refractivity contribution in [3.63, 3.8) is 0 Å². The predicted octanol–water partition coefficient (Wildman–Crippen LogP) is 4.36. The Kier molecular flexibility index (Phi) is 4.05. The Morgan fingerprint density at radius 2 is 2.00 bits per heavy atom. The van der Waals surface area contributed by atoms with Crippen molar-refractivity contribution >= 4 is 5.78 Å². The first-order valence-corrected chi connectivity index (χ1v) is 10.3. The monoisotopic (exact) mass is 357 g/mol. The normalized spacial score (nSPS) is 28.7. The molecule has 2 aliphatic carbocycles. The average Bonchev–Trinajstić information content (AvgIpc) is 2.69. The lowest BCUT2D eigenvalue weighted by molar-refractivity contribution is -0.114. The molecule has 1 saturated heterocycles. The molecule has 2 nitrogen and oxygen atoms in total. The summed E-state index contributed by atoms with van der Waals surface area (Å²) >= 11 is 0. The summed E-state index contributed by atoms with van der Waals surface area (Å²) in [6.45, 7) is 2.78. The molecule has 27 heavy (non-hydrogen) atoms. The number of carbonyl (C=O) groups excluding carboxylic acids is 1. The third-order valence-electron chi connectivity index (χ3n) is 7.07. The number of hydrogen-bond donors (Lipinski definition) is 1. The highest BCUT2D eigenvalue weighted by Crippen LogP contribution is 2.52. The Morgan fingerprint density at radius 3 is 2.81 bits per heavy atom. The number of fused-ring (bicyclic) bond motifs is 1. The minimum Gasteiger partial charge on any atom is -0.313 e. The Bertz CT molecular complexity index is 913. The lowest BCUT2D eigenvalue weighted by atomic mass is 9.54. The summed E-state index contributed by atoms with van der Waals surface area (Å²) in [5, 5.41) is 3.77. The van der Waals surface area contributed by atoms with Gasteiger partial charge in [0.15, 0.2) is 5.78 Å². The van der Waals surface area contributed by atoms with Crippen LogP contribution in [0.15, 0.2) is 60.2 Å². The molecule has 3 aliphatic rings. The molecule has 1 heterocycles. The van der Waals surface area contributed by atoms with E-state index < -0.39 is 0 Å². The van der Waals surface area contributed by atoms with Crippen LogP contribution in [0, 0.1) is 5.92 Å². The molecule has 0 spiro atoms. The highest BCUT2D eigenvalue weighted by molar-refractivity contribution is 5.93. The fourth-order valence-corrected chi connectivity index (χ4v) is 5.80. The minimum absolute atomic E-state index is 0.0510. The SMILES string of the molecule is CC(=O)C1=C[C@]23CCN[C@H](Cc4ccc(Cc5ccccc5)cc42)[C@@H]3CC1. The van der Waals surface area contributed by atoms with Crippen LogP contribution in [-0.4, -0.2) is 18.4 Å². The maximum absolute atomic E-state index is 12.2. The third kappa shape index (κ3) is 2.78. The smallest absolute Gasteiger partial charge is 0.155 e. The van der Waals surface area contributed by atoms with Gasteiger partial charge in [-0.15, -0.1) is 0 Å². The lowest BCUT2D eigenvalue weighted by Crippen LogP contribution is -2.58. The molecule has 1 N–H and O–H groups in total. The Morgan fingerprint density at radius 1 is 1.15 bits per heavy atom. The Balaban J connectivity index is 1.61. The zero-order valence-corrected chi connectivity index (χ0v) is 16.0. The van der Waals surface area contributed by atoms with Crippen LogP contribution >= 0.6 is 0 Å². The molecular weight excluding hydrogens is 330 g/mol. The number of ketones is 1. The van der Waals surface area contributed by atoms with E-state index in [1.165, 1.54) is 22.3 Å². The lowest BCUT2D eigenvalue weighted by Gasteiger charge is -2.54. The van der Waals surface area contributed by atoms with E-state index in [2.05, 4.69) is 59.9 Å². The van der Waals surface area contributed by atoms with Crippen molar-refractivity contribution in [2.24, 2.45) is 5.92 Å². The molecule has 1 fully saturated rings. The summed E-state index contributed by atoms with van der Waals surface area (Å²) < 4.78 is 0. The first-order valence-electron chi connectivity index (χ1n) is 10.3. The van der Waals surface area contributed by atoms with Gasteiger partial charge < -0.3 is 5.32 Å². The van der Waals surface area contributed by atoms with Crippen molar-refractivity contribution in [2.75, 3.05) is 6.54 Å². The first kappa shape index (κ1) is 16.9. The van der Waals surface area contributed by atoms with Crippen LogP contribution in [0.4, 0.5) is 0 Å². The van der Waals surface area contributed by atoms with Crippen LogP contribution in [0.25, 0.3) is 0 Å². The van der Waals surface area contributed by atoms with Crippen molar-refractivity contribution in [1.82, 2.24) is 5.32 Å². The molecule has 2 aromatic carbocycles. The van der Waals surface area contributed by atoms with Crippen LogP contribution in [0.2, 0.25) is 0 Å². The van der Waals surface area contributed by atoms with E-state index in [0.717, 1.165) is 44.2 Å². The summed E-state index contributed by atoms with van der Waals surface area (Å²) in [5.41, 5.74) is 6.81. The van der Waals surface area contributed by atoms with Crippen molar-refractivity contribution in [2.45, 2.75) is 50.5 Å². The van der Waals surface area contributed by atoms with Gasteiger partial charge in [0.05, 0.1) is 0 Å². The zero-order chi connectivity index (χ0) is 18.4. The van der Waals surface area contributed by atoms with Gasteiger partial charge in [0.2, 0.25) is 0 Å². The summed E-state index contributed by atoms with van der Waals surface area (Å²) in [6.07, 6.45) is 7.65. The number of rotatable bonds is 3. The molecule has 0 unspecified atom stereocenters. The van der Waals surface area contributed by atoms with Gasteiger partial charge in [-0.3, -0.25) is 4.79 Å². The third-order valence-corrected chi connectivity index (χ3v) is 7.07. The number of carbonyl (C=O) groups is 1. The first-order chi connectivity index (χ1) is 13.2. The highest BCUT2D eigenvalue weighted by atomic mass is 16.1. The molecule has 2 heteroatoms. The average molecular weight is 357 g/mol. The molecule has 0 saturated carbocycles. The van der Waals surface area contributed by atoms with E-state index in [1.807, 2.05) is 0 Å². The number of piperidine rings is 1. The van der Waals surface area contributed by atoms with Gasteiger partial charge in [0, 0.05) is 11.5 Å². The van der Waals surface area contributed by atoms with E-state index >= 15 is 0 Å². The molecule has 138 valence electrons. The standard InChI is InChI=1S/C25H27NO/c1-17(27)21-9-10-22-24-15-20-8-7-19(13-18-5-3-2-4-6-18)14-23(20)25(22,16-21)11-12-26-24/h2-8,14,16,22,24,26H,9-13,15H2,1H3/t22-,24+,25-/m0/s1. The number of nitrogens with one attached hydrogen (secondary N) is 1. The maximum atomic E-state index is 12.2. The van der Waals surface area contributed by atoms with E-state index in [0.29, 0.717) is 12.0 Å². The number of Topliss-reactive ketones (excluding diaryl/α,β-unsaturated/α-hetero) is 1. The van der Waals surface area contributed by atoms with E-state index in [1.54, 1.807) is 6.92 Å². The summed E-state index contributed by atoms with van der Waals surface area (Å²) in [6, 6.07) is 18.4. The fourth-order valence-electron chi connectivity index (χ4n) is 5.80. The fraction of sp³-hybridized carbons (Fsp3) is 0.400. The van der Waals surface area contributed by atoms with Crippen LogP contribution in [-0.2, 0) is 23.1 Å². The van der Waals surface area contributed by atoms with Crippen molar-refractivity contribution in [1.29, 1.82) is 0 Å². The van der Waals surface area contributed by atoms with Crippen molar-refractivity contribution in [3.05, 3.63) is 82.4 Å². The van der Waals surface area contributed by atoms with Gasteiger partial charge >= 0.3 is 0 Å². The topological polar surface area (TPSA) is 29.1 Å². The molecule has 0 amide bonds. The van der Waals surface area contributed by atoms with E-state index in [9.17, 15) is 4.79 Å². The number of allylic oxidation sites excluding steroid dienone is 2. The summed E-state index contributed by atoms with van der Waals surface area (Å²) in [7, 11) is 0. The second kappa shape index (κ2) is 6.45. The molecule has 2 aromatic rings. The molecular formula is C25H27NO. The van der Waals surface area contributed by atoms with E-state index in [4.69, 9.17) is 0 Å². The van der Waals surface area contributed by atoms with Gasteiger partial charge in [-0.25, -0.2) is 0 Å². The Labute approximate surface area is 161 Å². The molecule has 3 atom stereocenters. The highest BCUT2D eigenvalue weighted by Gasteiger charge is 2.51. The van der Waals surface area contributed by atoms with Crippen LogP contribution in [0.1, 0.15) is 48.4 Å². The summed E-state index contributed by atoms with van der Waals surface area (Å²) in [5.74, 6) is 0.874. The molecule has 0 aromatic heterocycles. The quantitative estimate of drug-likeness (QED) is 0.884. The largest absolute Gasteiger partial charge is 0.313 e. The van der Waals surface area contributed by atoms with Crippen LogP contribution in [0.5, 0.6) is 0 Å². The second-order valence-electron chi connectivity index (χ2n) is 8.58. The van der Waals surface area contributed by atoms with Gasteiger partial charge in [-0.2, -0.15) is 0 Å². The zero-order valence-electron chi connectivity index (χ0n) is 16.0. The predicted molar refractivity (Wildman–Crippen MR) is 109 cm³/mol. The Hall–Kier alpha value is -2.19. The van der Waals surface area contributed by atoms with E-state index in [-0.39, 0.29) is 11.2 Å².